The lowest BCUT2D eigenvalue weighted by Gasteiger charge is -2.07. The number of nitrogens with zero attached hydrogens (tertiary/aromatic N) is 1. The molecule has 7 nitrogen and oxygen atoms in total. The van der Waals surface area contributed by atoms with E-state index in [-0.39, 0.29) is 26.2 Å². The number of aldehydes is 1. The van der Waals surface area contributed by atoms with Gasteiger partial charge in [0, 0.05) is 42.2 Å². The summed E-state index contributed by atoms with van der Waals surface area (Å²) in [4.78, 5) is 27.1. The van der Waals surface area contributed by atoms with Crippen LogP contribution in [0, 0.1) is 0 Å². The fourth-order valence-electron chi connectivity index (χ4n) is 4.60. The van der Waals surface area contributed by atoms with Gasteiger partial charge in [-0.05, 0) is 93.8 Å². The van der Waals surface area contributed by atoms with Crippen LogP contribution in [0.3, 0.4) is 0 Å². The zero-order valence-corrected chi connectivity index (χ0v) is 22.8. The van der Waals surface area contributed by atoms with Crippen molar-refractivity contribution in [3.8, 4) is 16.9 Å². The zero-order valence-electron chi connectivity index (χ0n) is 22.8. The van der Waals surface area contributed by atoms with Crippen LogP contribution in [-0.2, 0) is 0 Å². The summed E-state index contributed by atoms with van der Waals surface area (Å²) in [6.07, 6.45) is 7.56. The maximum Gasteiger partial charge on any atom is 0.344 e. The average Bonchev–Trinajstić information content (AvgIpc) is 3.01. The summed E-state index contributed by atoms with van der Waals surface area (Å²) in [6.45, 7) is 8.72. The van der Waals surface area contributed by atoms with Gasteiger partial charge in [0.1, 0.15) is 11.3 Å². The highest BCUT2D eigenvalue weighted by Gasteiger charge is 2.09. The summed E-state index contributed by atoms with van der Waals surface area (Å²) < 4.78 is 5.56. The first kappa shape index (κ1) is 32.8. The topological polar surface area (TPSA) is 104 Å². The molecule has 0 aliphatic carbocycles. The minimum atomic E-state index is -0.348. The number of pyridine rings is 1. The van der Waals surface area contributed by atoms with Crippen molar-refractivity contribution in [2.45, 2.75) is 14.9 Å². The second-order valence-corrected chi connectivity index (χ2v) is 9.57. The van der Waals surface area contributed by atoms with Crippen molar-refractivity contribution in [3.63, 3.8) is 0 Å². The van der Waals surface area contributed by atoms with Crippen LogP contribution in [0.15, 0.2) is 126 Å². The molecule has 0 radical (unpaired) electrons. The SMILES string of the molecule is C.C.C=CCNc1ccc2cc(C=O)c(O)cc2c1.C=CCNc1ccc2cc3cc(-c4ccncc4)c(=O)oc3cc2c1. The molecule has 0 aliphatic heterocycles. The third-order valence-electron chi connectivity index (χ3n) is 6.70. The molecule has 0 fully saturated rings. The van der Waals surface area contributed by atoms with Gasteiger partial charge in [0.05, 0.1) is 11.1 Å². The Balaban J connectivity index is 0.000000246. The van der Waals surface area contributed by atoms with Crippen molar-refractivity contribution in [3.05, 3.63) is 133 Å². The molecule has 0 unspecified atom stereocenters. The Bertz CT molecular complexity index is 1980. The van der Waals surface area contributed by atoms with E-state index in [0.717, 1.165) is 43.9 Å². The van der Waals surface area contributed by atoms with E-state index < -0.39 is 0 Å². The third kappa shape index (κ3) is 7.38. The van der Waals surface area contributed by atoms with Crippen LogP contribution >= 0.6 is 0 Å². The summed E-state index contributed by atoms with van der Waals surface area (Å²) in [5.74, 6) is 0.00775. The highest BCUT2D eigenvalue weighted by atomic mass is 16.4. The van der Waals surface area contributed by atoms with Crippen LogP contribution < -0.4 is 16.3 Å². The van der Waals surface area contributed by atoms with E-state index in [1.165, 1.54) is 0 Å². The molecule has 6 rings (SSSR count). The Morgan fingerprint density at radius 3 is 1.91 bits per heavy atom. The molecule has 4 aromatic carbocycles. The number of benzene rings is 4. The number of aromatic nitrogens is 1. The Morgan fingerprint density at radius 2 is 1.32 bits per heavy atom. The van der Waals surface area contributed by atoms with Crippen molar-refractivity contribution in [2.24, 2.45) is 0 Å². The lowest BCUT2D eigenvalue weighted by atomic mass is 10.0. The molecular weight excluding hydrogens is 550 g/mol. The molecule has 0 bridgehead atoms. The van der Waals surface area contributed by atoms with Gasteiger partial charge in [0.25, 0.3) is 0 Å². The Labute approximate surface area is 257 Å². The first-order valence-corrected chi connectivity index (χ1v) is 13.3. The molecule has 0 saturated carbocycles. The van der Waals surface area contributed by atoms with E-state index in [1.54, 1.807) is 42.7 Å². The lowest BCUT2D eigenvalue weighted by molar-refractivity contribution is 0.112. The average molecular weight is 588 g/mol. The minimum Gasteiger partial charge on any atom is -0.507 e. The van der Waals surface area contributed by atoms with Gasteiger partial charge >= 0.3 is 5.63 Å². The smallest absolute Gasteiger partial charge is 0.344 e. The number of anilines is 2. The molecule has 3 N–H and O–H groups in total. The minimum absolute atomic E-state index is 0. The maximum atomic E-state index is 12.4. The number of phenols is 1. The zero-order chi connectivity index (χ0) is 29.5. The summed E-state index contributed by atoms with van der Waals surface area (Å²) in [5, 5.41) is 20.8. The predicted molar refractivity (Wildman–Crippen MR) is 185 cm³/mol. The Kier molecular flexibility index (Phi) is 11.2. The Morgan fingerprint density at radius 1 is 0.727 bits per heavy atom. The molecule has 6 aromatic rings. The van der Waals surface area contributed by atoms with Crippen molar-refractivity contribution < 1.29 is 14.3 Å². The van der Waals surface area contributed by atoms with Crippen molar-refractivity contribution in [2.75, 3.05) is 23.7 Å². The van der Waals surface area contributed by atoms with Crippen LogP contribution in [-0.4, -0.2) is 29.5 Å². The number of carbonyl (C=O) groups excluding carboxylic acids is 1. The van der Waals surface area contributed by atoms with Gasteiger partial charge in [-0.2, -0.15) is 0 Å². The quantitative estimate of drug-likeness (QED) is 0.0707. The van der Waals surface area contributed by atoms with Crippen molar-refractivity contribution in [1.82, 2.24) is 4.98 Å². The van der Waals surface area contributed by atoms with Crippen LogP contribution in [0.5, 0.6) is 5.75 Å². The number of hydrogen-bond donors (Lipinski definition) is 3. The van der Waals surface area contributed by atoms with Crippen LogP contribution in [0.25, 0.3) is 43.6 Å². The van der Waals surface area contributed by atoms with Gasteiger partial charge in [-0.15, -0.1) is 13.2 Å². The number of phenolic OH excluding ortho intramolecular Hbond substituents is 1. The number of aromatic hydroxyl groups is 1. The Hall–Kier alpha value is -5.69. The molecular formula is C37H37N3O4. The molecule has 0 amide bonds. The number of hydrogen-bond acceptors (Lipinski definition) is 7. The molecule has 7 heteroatoms. The van der Waals surface area contributed by atoms with E-state index >= 15 is 0 Å². The van der Waals surface area contributed by atoms with Crippen LogP contribution in [0.1, 0.15) is 25.2 Å². The molecule has 0 spiro atoms. The highest BCUT2D eigenvalue weighted by Crippen LogP contribution is 2.28. The van der Waals surface area contributed by atoms with Gasteiger partial charge in [-0.3, -0.25) is 9.78 Å². The largest absolute Gasteiger partial charge is 0.507 e. The second-order valence-electron chi connectivity index (χ2n) is 9.57. The lowest BCUT2D eigenvalue weighted by Crippen LogP contribution is -2.02. The molecule has 2 aromatic heterocycles. The van der Waals surface area contributed by atoms with E-state index in [0.29, 0.717) is 36.1 Å². The molecule has 44 heavy (non-hydrogen) atoms. The standard InChI is InChI=1S/C21H16N2O2.C14H13NO2.2CH4/c1-2-7-23-18-4-3-15-10-17-12-19(14-5-8-22-9-6-14)21(24)25-20(17)13-16(15)11-18;1-2-5-15-13-4-3-10-6-12(9-16)14(17)8-11(10)7-13;;/h2-6,8-13,23H,1,7H2;2-4,6-9,15,17H,1,5H2;2*1H4. The van der Waals surface area contributed by atoms with Gasteiger partial charge in [-0.1, -0.05) is 39.1 Å². The summed E-state index contributed by atoms with van der Waals surface area (Å²) in [6, 6.07) is 24.6. The van der Waals surface area contributed by atoms with Crippen molar-refractivity contribution in [1.29, 1.82) is 0 Å². The molecule has 224 valence electrons. The first-order chi connectivity index (χ1) is 20.5. The van der Waals surface area contributed by atoms with E-state index in [1.807, 2.05) is 54.6 Å². The monoisotopic (exact) mass is 587 g/mol. The summed E-state index contributed by atoms with van der Waals surface area (Å²) >= 11 is 0. The highest BCUT2D eigenvalue weighted by molar-refractivity contribution is 5.98. The van der Waals surface area contributed by atoms with Crippen LogP contribution in [0.2, 0.25) is 0 Å². The van der Waals surface area contributed by atoms with E-state index in [2.05, 4.69) is 34.8 Å². The van der Waals surface area contributed by atoms with Gasteiger partial charge in [0.15, 0.2) is 6.29 Å². The molecule has 0 saturated heterocycles. The number of fused-ring (bicyclic) bond motifs is 3. The second kappa shape index (κ2) is 15.0. The van der Waals surface area contributed by atoms with Gasteiger partial charge in [-0.25, -0.2) is 4.79 Å². The normalized spacial score (nSPS) is 10.1. The molecule has 0 aliphatic rings. The molecule has 0 atom stereocenters. The van der Waals surface area contributed by atoms with E-state index in [9.17, 15) is 14.7 Å². The van der Waals surface area contributed by atoms with Gasteiger partial charge in [0.2, 0.25) is 0 Å². The summed E-state index contributed by atoms with van der Waals surface area (Å²) in [7, 11) is 0. The van der Waals surface area contributed by atoms with Crippen LogP contribution in [0.4, 0.5) is 11.4 Å². The fraction of sp³-hybridized carbons (Fsp3) is 0.108. The third-order valence-corrected chi connectivity index (χ3v) is 6.70. The van der Waals surface area contributed by atoms with E-state index in [4.69, 9.17) is 4.42 Å². The number of nitrogens with one attached hydrogen (secondary N) is 2. The maximum absolute atomic E-state index is 12.4. The molecule has 2 heterocycles. The van der Waals surface area contributed by atoms with Crippen molar-refractivity contribution >= 4 is 50.2 Å². The predicted octanol–water partition coefficient (Wildman–Crippen LogP) is 8.83. The number of rotatable bonds is 8. The fourth-order valence-corrected chi connectivity index (χ4v) is 4.60. The number of carbonyl (C=O) groups is 1. The van der Waals surface area contributed by atoms with Gasteiger partial charge < -0.3 is 20.2 Å². The summed E-state index contributed by atoms with van der Waals surface area (Å²) in [5.41, 5.74) is 3.84. The first-order valence-electron chi connectivity index (χ1n) is 13.3.